The number of aromatic nitrogens is 3. The summed E-state index contributed by atoms with van der Waals surface area (Å²) in [5, 5.41) is 3.92. The van der Waals surface area contributed by atoms with E-state index in [1.165, 1.54) is 0 Å². The van der Waals surface area contributed by atoms with Gasteiger partial charge in [-0.1, -0.05) is 5.16 Å². The van der Waals surface area contributed by atoms with Crippen molar-refractivity contribution in [2.24, 2.45) is 0 Å². The second-order valence-corrected chi connectivity index (χ2v) is 4.49. The zero-order valence-corrected chi connectivity index (χ0v) is 9.59. The number of hydrogen-bond acceptors (Lipinski definition) is 4. The molecule has 0 aromatic carbocycles. The summed E-state index contributed by atoms with van der Waals surface area (Å²) in [4.78, 5) is 16.0. The molecule has 2 aromatic heterocycles. The van der Waals surface area contributed by atoms with Crippen LogP contribution in [0.15, 0.2) is 27.6 Å². The maximum atomic E-state index is 11.7. The monoisotopic (exact) mass is 231 g/mol. The summed E-state index contributed by atoms with van der Waals surface area (Å²) in [5.41, 5.74) is 0.909. The van der Waals surface area contributed by atoms with Gasteiger partial charge in [-0.15, -0.1) is 0 Å². The first-order chi connectivity index (χ1) is 8.22. The number of aryl methyl sites for hydroxylation is 1. The molecule has 0 bridgehead atoms. The second-order valence-electron chi connectivity index (χ2n) is 4.49. The number of hydrogen-bond donors (Lipinski definition) is 0. The lowest BCUT2D eigenvalue weighted by molar-refractivity contribution is 0.365. The molecule has 0 radical (unpaired) electrons. The normalized spacial score (nSPS) is 15.1. The van der Waals surface area contributed by atoms with Crippen LogP contribution in [0.3, 0.4) is 0 Å². The summed E-state index contributed by atoms with van der Waals surface area (Å²) in [6.07, 6.45) is 4.03. The molecule has 5 heteroatoms. The molecule has 1 fully saturated rings. The Morgan fingerprint density at radius 3 is 3.06 bits per heavy atom. The van der Waals surface area contributed by atoms with Crippen LogP contribution in [0.25, 0.3) is 0 Å². The standard InChI is InChI=1S/C12H13N3O2/c1-8-4-5-15(11(16)6-8)7-10-13-12(14-17-10)9-2-3-9/h4-6,9H,2-3,7H2,1H3. The van der Waals surface area contributed by atoms with Crippen LogP contribution in [-0.2, 0) is 6.54 Å². The minimum absolute atomic E-state index is 0.0452. The SMILES string of the molecule is Cc1ccn(Cc2nc(C3CC3)no2)c(=O)c1. The first kappa shape index (κ1) is 10.3. The van der Waals surface area contributed by atoms with E-state index in [1.807, 2.05) is 13.0 Å². The Balaban J connectivity index is 1.83. The molecule has 5 nitrogen and oxygen atoms in total. The van der Waals surface area contributed by atoms with E-state index in [0.29, 0.717) is 18.4 Å². The van der Waals surface area contributed by atoms with Crippen LogP contribution in [0.2, 0.25) is 0 Å². The molecule has 0 aliphatic heterocycles. The molecule has 1 aliphatic carbocycles. The molecule has 3 rings (SSSR count). The van der Waals surface area contributed by atoms with Crippen molar-refractivity contribution < 1.29 is 4.52 Å². The van der Waals surface area contributed by atoms with Gasteiger partial charge in [0.2, 0.25) is 5.89 Å². The van der Waals surface area contributed by atoms with Gasteiger partial charge in [0.05, 0.1) is 0 Å². The van der Waals surface area contributed by atoms with Gasteiger partial charge in [0.25, 0.3) is 5.56 Å². The summed E-state index contributed by atoms with van der Waals surface area (Å²) in [7, 11) is 0. The van der Waals surface area contributed by atoms with Crippen molar-refractivity contribution in [3.05, 3.63) is 46.0 Å². The van der Waals surface area contributed by atoms with Crippen LogP contribution in [0, 0.1) is 6.92 Å². The third kappa shape index (κ3) is 2.13. The summed E-state index contributed by atoms with van der Waals surface area (Å²) in [6, 6.07) is 3.48. The van der Waals surface area contributed by atoms with Gasteiger partial charge in [0, 0.05) is 18.2 Å². The summed E-state index contributed by atoms with van der Waals surface area (Å²) < 4.78 is 6.70. The van der Waals surface area contributed by atoms with E-state index >= 15 is 0 Å². The molecule has 0 atom stereocenters. The second kappa shape index (κ2) is 3.84. The fourth-order valence-corrected chi connectivity index (χ4v) is 1.72. The minimum Gasteiger partial charge on any atom is -0.337 e. The molecule has 88 valence electrons. The molecule has 0 amide bonds. The Bertz CT molecular complexity index is 596. The van der Waals surface area contributed by atoms with Gasteiger partial charge in [-0.3, -0.25) is 4.79 Å². The van der Waals surface area contributed by atoms with E-state index in [4.69, 9.17) is 4.52 Å². The van der Waals surface area contributed by atoms with Gasteiger partial charge < -0.3 is 9.09 Å². The number of nitrogens with zero attached hydrogens (tertiary/aromatic N) is 3. The maximum absolute atomic E-state index is 11.7. The largest absolute Gasteiger partial charge is 0.337 e. The van der Waals surface area contributed by atoms with Crippen LogP contribution in [-0.4, -0.2) is 14.7 Å². The highest BCUT2D eigenvalue weighted by Gasteiger charge is 2.28. The molecule has 2 aromatic rings. The Labute approximate surface area is 98.1 Å². The Kier molecular flexibility index (Phi) is 2.31. The smallest absolute Gasteiger partial charge is 0.251 e. The Morgan fingerprint density at radius 1 is 1.53 bits per heavy atom. The van der Waals surface area contributed by atoms with Crippen molar-refractivity contribution in [1.29, 1.82) is 0 Å². The molecular formula is C12H13N3O2. The molecule has 0 spiro atoms. The van der Waals surface area contributed by atoms with Crippen molar-refractivity contribution in [2.45, 2.75) is 32.2 Å². The van der Waals surface area contributed by atoms with Crippen LogP contribution in [0.4, 0.5) is 0 Å². The van der Waals surface area contributed by atoms with Gasteiger partial charge in [0.15, 0.2) is 5.82 Å². The highest BCUT2D eigenvalue weighted by molar-refractivity contribution is 5.09. The molecule has 0 unspecified atom stereocenters. The summed E-state index contributed by atoms with van der Waals surface area (Å²) in [6.45, 7) is 2.24. The first-order valence-electron chi connectivity index (χ1n) is 5.72. The zero-order valence-electron chi connectivity index (χ0n) is 9.59. The predicted molar refractivity (Wildman–Crippen MR) is 60.8 cm³/mol. The van der Waals surface area contributed by atoms with Gasteiger partial charge in [0.1, 0.15) is 6.54 Å². The Hall–Kier alpha value is -1.91. The van der Waals surface area contributed by atoms with E-state index in [-0.39, 0.29) is 5.56 Å². The Morgan fingerprint density at radius 2 is 2.35 bits per heavy atom. The number of pyridine rings is 1. The van der Waals surface area contributed by atoms with Crippen molar-refractivity contribution in [2.75, 3.05) is 0 Å². The average molecular weight is 231 g/mol. The highest BCUT2D eigenvalue weighted by Crippen LogP contribution is 2.38. The summed E-state index contributed by atoms with van der Waals surface area (Å²) >= 11 is 0. The van der Waals surface area contributed by atoms with E-state index in [9.17, 15) is 4.79 Å². The lowest BCUT2D eigenvalue weighted by atomic mass is 10.3. The lowest BCUT2D eigenvalue weighted by Gasteiger charge is -2.01. The van der Waals surface area contributed by atoms with Crippen molar-refractivity contribution in [1.82, 2.24) is 14.7 Å². The van der Waals surface area contributed by atoms with E-state index < -0.39 is 0 Å². The first-order valence-corrected chi connectivity index (χ1v) is 5.72. The fraction of sp³-hybridized carbons (Fsp3) is 0.417. The number of rotatable bonds is 3. The summed E-state index contributed by atoms with van der Waals surface area (Å²) in [5.74, 6) is 1.75. The predicted octanol–water partition coefficient (Wildman–Crippen LogP) is 1.47. The fourth-order valence-electron chi connectivity index (χ4n) is 1.72. The van der Waals surface area contributed by atoms with Gasteiger partial charge in [-0.05, 0) is 31.4 Å². The van der Waals surface area contributed by atoms with Crippen LogP contribution >= 0.6 is 0 Å². The molecule has 0 N–H and O–H groups in total. The lowest BCUT2D eigenvalue weighted by Crippen LogP contribution is -2.19. The molecule has 17 heavy (non-hydrogen) atoms. The quantitative estimate of drug-likeness (QED) is 0.802. The molecule has 1 aliphatic rings. The highest BCUT2D eigenvalue weighted by atomic mass is 16.5. The van der Waals surface area contributed by atoms with Crippen LogP contribution in [0.1, 0.15) is 36.0 Å². The van der Waals surface area contributed by atoms with Crippen molar-refractivity contribution in [3.63, 3.8) is 0 Å². The third-order valence-corrected chi connectivity index (χ3v) is 2.88. The van der Waals surface area contributed by atoms with E-state index in [0.717, 1.165) is 24.2 Å². The molecular weight excluding hydrogens is 218 g/mol. The zero-order chi connectivity index (χ0) is 11.8. The molecule has 0 saturated heterocycles. The van der Waals surface area contributed by atoms with E-state index in [1.54, 1.807) is 16.8 Å². The average Bonchev–Trinajstić information content (AvgIpc) is 3.04. The van der Waals surface area contributed by atoms with Gasteiger partial charge in [-0.25, -0.2) is 0 Å². The molecule has 2 heterocycles. The maximum Gasteiger partial charge on any atom is 0.251 e. The van der Waals surface area contributed by atoms with Crippen LogP contribution in [0.5, 0.6) is 0 Å². The minimum atomic E-state index is -0.0452. The van der Waals surface area contributed by atoms with Crippen molar-refractivity contribution in [3.8, 4) is 0 Å². The van der Waals surface area contributed by atoms with Crippen molar-refractivity contribution >= 4 is 0 Å². The van der Waals surface area contributed by atoms with Gasteiger partial charge in [-0.2, -0.15) is 4.98 Å². The van der Waals surface area contributed by atoms with Gasteiger partial charge >= 0.3 is 0 Å². The topological polar surface area (TPSA) is 60.9 Å². The third-order valence-electron chi connectivity index (χ3n) is 2.88. The van der Waals surface area contributed by atoms with E-state index in [2.05, 4.69) is 10.1 Å². The molecule has 1 saturated carbocycles. The van der Waals surface area contributed by atoms with Crippen LogP contribution < -0.4 is 5.56 Å².